The lowest BCUT2D eigenvalue weighted by Gasteiger charge is -2.10. The lowest BCUT2D eigenvalue weighted by Crippen LogP contribution is -2.16. The van der Waals surface area contributed by atoms with Crippen molar-refractivity contribution in [2.45, 2.75) is 45.7 Å². The van der Waals surface area contributed by atoms with Gasteiger partial charge in [-0.15, -0.1) is 5.10 Å². The zero-order chi connectivity index (χ0) is 21.3. The Hall–Kier alpha value is -2.68. The molecule has 0 aliphatic carbocycles. The fourth-order valence-corrected chi connectivity index (χ4v) is 3.64. The van der Waals surface area contributed by atoms with E-state index in [2.05, 4.69) is 15.1 Å². The van der Waals surface area contributed by atoms with Crippen molar-refractivity contribution in [1.29, 1.82) is 0 Å². The molecule has 0 atom stereocenters. The van der Waals surface area contributed by atoms with Gasteiger partial charge in [-0.3, -0.25) is 9.59 Å². The number of rotatable bonds is 7. The van der Waals surface area contributed by atoms with E-state index in [1.54, 1.807) is 4.52 Å². The van der Waals surface area contributed by atoms with Crippen LogP contribution in [0.4, 0.5) is 0 Å². The van der Waals surface area contributed by atoms with E-state index in [1.165, 1.54) is 11.8 Å². The monoisotopic (exact) mass is 415 g/mol. The zero-order valence-electron chi connectivity index (χ0n) is 17.6. The Morgan fingerprint density at radius 3 is 2.48 bits per heavy atom. The molecule has 0 bridgehead atoms. The van der Waals surface area contributed by atoms with Crippen LogP contribution < -0.4 is 0 Å². The second kappa shape index (κ2) is 8.36. The summed E-state index contributed by atoms with van der Waals surface area (Å²) >= 11 is 1.45. The fraction of sp³-hybridized carbons (Fsp3) is 0.450. The summed E-state index contributed by atoms with van der Waals surface area (Å²) < 4.78 is 8.86. The topological polar surface area (TPSA) is 91.4 Å². The molecule has 0 radical (unpaired) electrons. The minimum Gasteiger partial charge on any atom is -0.457 e. The van der Waals surface area contributed by atoms with E-state index in [9.17, 15) is 9.59 Å². The average Bonchev–Trinajstić information content (AvgIpc) is 3.22. The van der Waals surface area contributed by atoms with E-state index in [1.807, 2.05) is 51.6 Å². The highest BCUT2D eigenvalue weighted by atomic mass is 32.2. The van der Waals surface area contributed by atoms with Crippen LogP contribution in [0.5, 0.6) is 0 Å². The lowest BCUT2D eigenvalue weighted by atomic mass is 10.1. The van der Waals surface area contributed by atoms with E-state index in [0.29, 0.717) is 22.9 Å². The molecule has 0 amide bonds. The lowest BCUT2D eigenvalue weighted by molar-refractivity contribution is -0.142. The van der Waals surface area contributed by atoms with E-state index < -0.39 is 5.97 Å². The Morgan fingerprint density at radius 1 is 1.14 bits per heavy atom. The average molecular weight is 416 g/mol. The Kier molecular flexibility index (Phi) is 6.07. The molecular weight excluding hydrogens is 390 g/mol. The van der Waals surface area contributed by atoms with Gasteiger partial charge < -0.3 is 9.30 Å². The van der Waals surface area contributed by atoms with Gasteiger partial charge in [-0.05, 0) is 52.0 Å². The number of hydrogen-bond acceptors (Lipinski definition) is 7. The normalized spacial score (nSPS) is 11.2. The number of carbonyl (C=O) groups excluding carboxylic acids is 2. The van der Waals surface area contributed by atoms with Crippen LogP contribution in [0.15, 0.2) is 11.2 Å². The highest BCUT2D eigenvalue weighted by Crippen LogP contribution is 2.18. The third kappa shape index (κ3) is 4.19. The second-order valence-electron chi connectivity index (χ2n) is 7.00. The number of esters is 1. The molecule has 0 aliphatic rings. The van der Waals surface area contributed by atoms with Gasteiger partial charge in [0, 0.05) is 41.8 Å². The Morgan fingerprint density at radius 2 is 1.86 bits per heavy atom. The summed E-state index contributed by atoms with van der Waals surface area (Å²) in [7, 11) is 1.90. The van der Waals surface area contributed by atoms with Gasteiger partial charge in [0.2, 0.25) is 10.9 Å². The van der Waals surface area contributed by atoms with Crippen LogP contribution in [0.2, 0.25) is 0 Å². The first-order valence-corrected chi connectivity index (χ1v) is 10.5. The number of fused-ring (bicyclic) bond motifs is 1. The Labute approximate surface area is 173 Å². The number of thioether (sulfide) groups is 1. The summed E-state index contributed by atoms with van der Waals surface area (Å²) in [5.74, 6) is -0.0528. The number of ether oxygens (including phenoxy) is 1. The zero-order valence-corrected chi connectivity index (χ0v) is 18.4. The summed E-state index contributed by atoms with van der Waals surface area (Å²) in [6.45, 7) is 7.39. The van der Waals surface area contributed by atoms with Crippen molar-refractivity contribution in [3.63, 3.8) is 0 Å². The molecule has 3 heterocycles. The third-order valence-electron chi connectivity index (χ3n) is 5.23. The van der Waals surface area contributed by atoms with Gasteiger partial charge in [-0.2, -0.15) is 4.98 Å². The van der Waals surface area contributed by atoms with Crippen LogP contribution in [-0.2, 0) is 23.0 Å². The van der Waals surface area contributed by atoms with Crippen LogP contribution >= 0.6 is 11.8 Å². The quantitative estimate of drug-likeness (QED) is 0.333. The van der Waals surface area contributed by atoms with Crippen molar-refractivity contribution in [3.8, 4) is 0 Å². The molecule has 0 unspecified atom stereocenters. The van der Waals surface area contributed by atoms with Crippen molar-refractivity contribution in [3.05, 3.63) is 40.0 Å². The molecule has 3 rings (SSSR count). The molecule has 0 saturated heterocycles. The third-order valence-corrected chi connectivity index (χ3v) is 5.77. The second-order valence-corrected chi connectivity index (χ2v) is 7.77. The Balaban J connectivity index is 1.63. The van der Waals surface area contributed by atoms with Gasteiger partial charge in [-0.25, -0.2) is 9.50 Å². The maximum Gasteiger partial charge on any atom is 0.306 e. The first-order valence-electron chi connectivity index (χ1n) is 9.31. The van der Waals surface area contributed by atoms with Gasteiger partial charge in [0.05, 0.1) is 0 Å². The summed E-state index contributed by atoms with van der Waals surface area (Å²) in [6.07, 6.45) is 2.54. The summed E-state index contributed by atoms with van der Waals surface area (Å²) in [5, 5.41) is 5.07. The largest absolute Gasteiger partial charge is 0.457 e. The SMILES string of the molecule is CSc1nc2nc(C)c(CCC(=O)OCC(=O)c3cc(C)n(C)c3C)c(C)n2n1. The molecular formula is C20H25N5O3S. The molecule has 0 aliphatic heterocycles. The fourth-order valence-electron chi connectivity index (χ4n) is 3.30. The summed E-state index contributed by atoms with van der Waals surface area (Å²) in [6, 6.07) is 1.82. The standard InChI is InChI=1S/C20H25N5O3S/c1-11-9-16(13(3)24(11)5)17(26)10-28-18(27)8-7-15-12(2)21-19-22-20(29-6)23-25(19)14(15)4/h9H,7-8,10H2,1-6H3. The van der Waals surface area contributed by atoms with Gasteiger partial charge in [0.25, 0.3) is 5.78 Å². The number of hydrogen-bond donors (Lipinski definition) is 0. The van der Waals surface area contributed by atoms with Crippen molar-refractivity contribution in [2.75, 3.05) is 12.9 Å². The van der Waals surface area contributed by atoms with Crippen LogP contribution in [0, 0.1) is 27.7 Å². The van der Waals surface area contributed by atoms with Crippen molar-refractivity contribution in [2.24, 2.45) is 7.05 Å². The first-order chi connectivity index (χ1) is 13.7. The highest BCUT2D eigenvalue weighted by molar-refractivity contribution is 7.98. The van der Waals surface area contributed by atoms with E-state index in [0.717, 1.165) is 28.3 Å². The number of Topliss-reactive ketones (excluding diaryl/α,β-unsaturated/α-hetero) is 1. The summed E-state index contributed by atoms with van der Waals surface area (Å²) in [4.78, 5) is 33.4. The highest BCUT2D eigenvalue weighted by Gasteiger charge is 2.18. The first kappa shape index (κ1) is 21.0. The maximum atomic E-state index is 12.4. The van der Waals surface area contributed by atoms with Crippen LogP contribution in [0.1, 0.15) is 45.1 Å². The molecule has 0 N–H and O–H groups in total. The molecule has 0 fully saturated rings. The van der Waals surface area contributed by atoms with Gasteiger partial charge >= 0.3 is 5.97 Å². The van der Waals surface area contributed by atoms with E-state index >= 15 is 0 Å². The van der Waals surface area contributed by atoms with Crippen molar-refractivity contribution < 1.29 is 14.3 Å². The number of nitrogens with zero attached hydrogens (tertiary/aromatic N) is 5. The minimum atomic E-state index is -0.411. The number of carbonyl (C=O) groups is 2. The maximum absolute atomic E-state index is 12.4. The predicted molar refractivity (Wildman–Crippen MR) is 111 cm³/mol. The van der Waals surface area contributed by atoms with Gasteiger partial charge in [0.1, 0.15) is 0 Å². The summed E-state index contributed by atoms with van der Waals surface area (Å²) in [5.41, 5.74) is 5.10. The predicted octanol–water partition coefficient (Wildman–Crippen LogP) is 2.78. The number of ketones is 1. The van der Waals surface area contributed by atoms with Crippen LogP contribution in [0.3, 0.4) is 0 Å². The van der Waals surface area contributed by atoms with Gasteiger partial charge in [-0.1, -0.05) is 11.8 Å². The molecule has 0 saturated carbocycles. The molecule has 29 heavy (non-hydrogen) atoms. The smallest absolute Gasteiger partial charge is 0.306 e. The molecule has 0 aromatic carbocycles. The molecule has 3 aromatic rings. The van der Waals surface area contributed by atoms with Crippen molar-refractivity contribution >= 4 is 29.3 Å². The minimum absolute atomic E-state index is 0.166. The number of aromatic nitrogens is 5. The number of aryl methyl sites for hydroxylation is 3. The molecule has 9 heteroatoms. The van der Waals surface area contributed by atoms with Gasteiger partial charge in [0.15, 0.2) is 6.61 Å². The van der Waals surface area contributed by atoms with Crippen molar-refractivity contribution in [1.82, 2.24) is 24.1 Å². The molecule has 154 valence electrons. The Bertz CT molecular complexity index is 1100. The molecule has 3 aromatic heterocycles. The molecule has 8 nitrogen and oxygen atoms in total. The van der Waals surface area contributed by atoms with Crippen LogP contribution in [0.25, 0.3) is 5.78 Å². The molecule has 0 spiro atoms. The van der Waals surface area contributed by atoms with E-state index in [4.69, 9.17) is 4.74 Å². The van der Waals surface area contributed by atoms with Crippen LogP contribution in [-0.4, -0.2) is 48.8 Å². The van der Waals surface area contributed by atoms with E-state index in [-0.39, 0.29) is 18.8 Å².